The first-order chi connectivity index (χ1) is 13.9. The minimum absolute atomic E-state index is 0.197. The van der Waals surface area contributed by atoms with Crippen molar-refractivity contribution in [3.05, 3.63) is 29.3 Å². The quantitative estimate of drug-likeness (QED) is 0.261. The van der Waals surface area contributed by atoms with Crippen molar-refractivity contribution in [1.82, 2.24) is 5.32 Å². The molecule has 0 saturated heterocycles. The second-order valence-corrected chi connectivity index (χ2v) is 6.91. The molecule has 0 unspecified atom stereocenters. The zero-order valence-electron chi connectivity index (χ0n) is 16.4. The van der Waals surface area contributed by atoms with Gasteiger partial charge in [-0.15, -0.1) is 0 Å². The van der Waals surface area contributed by atoms with Crippen molar-refractivity contribution in [3.63, 3.8) is 0 Å². The third kappa shape index (κ3) is 9.37. The van der Waals surface area contributed by atoms with Gasteiger partial charge in [-0.25, -0.2) is 4.79 Å². The number of halogens is 4. The first kappa shape index (κ1) is 24.9. The third-order valence-electron chi connectivity index (χ3n) is 3.33. The summed E-state index contributed by atoms with van der Waals surface area (Å²) in [7, 11) is 0. The average molecular weight is 435 g/mol. The van der Waals surface area contributed by atoms with Gasteiger partial charge in [0.15, 0.2) is 17.3 Å². The van der Waals surface area contributed by atoms with Gasteiger partial charge >= 0.3 is 19.3 Å². The number of rotatable bonds is 10. The fourth-order valence-corrected chi connectivity index (χ4v) is 2.26. The zero-order chi connectivity index (χ0) is 22.9. The van der Waals surface area contributed by atoms with E-state index in [1.807, 2.05) is 0 Å². The number of Topliss-reactive ketones (excluding diaryl/α,β-unsaturated/α-hetero) is 1. The van der Waals surface area contributed by atoms with E-state index in [2.05, 4.69) is 19.6 Å². The first-order valence-electron chi connectivity index (χ1n) is 8.62. The Kier molecular flexibility index (Phi) is 9.25. The van der Waals surface area contributed by atoms with Gasteiger partial charge in [-0.3, -0.25) is 4.79 Å². The smallest absolute Gasteiger partial charge is 0.408 e. The van der Waals surface area contributed by atoms with E-state index in [1.54, 1.807) is 20.8 Å². The summed E-state index contributed by atoms with van der Waals surface area (Å²) in [5.74, 6) is -1.87. The molecule has 30 heavy (non-hydrogen) atoms. The monoisotopic (exact) mass is 435 g/mol. The number of ether oxygens (including phenoxy) is 3. The highest BCUT2D eigenvalue weighted by Gasteiger charge is 2.26. The van der Waals surface area contributed by atoms with E-state index in [4.69, 9.17) is 10.3 Å². The molecular weight excluding hydrogens is 414 g/mol. The zero-order valence-corrected chi connectivity index (χ0v) is 16.4. The Bertz CT molecular complexity index is 793. The number of alkyl halides is 4. The number of nitrogens with zero attached hydrogens (tertiary/aromatic N) is 2. The number of alkyl carbamates (subject to hydrolysis) is 1. The molecule has 1 aromatic carbocycles. The molecule has 0 aliphatic heterocycles. The number of hydrogen-bond donors (Lipinski definition) is 1. The van der Waals surface area contributed by atoms with Crippen LogP contribution in [-0.4, -0.2) is 47.7 Å². The molecule has 1 aromatic rings. The number of hydrogen-bond acceptors (Lipinski definition) is 5. The lowest BCUT2D eigenvalue weighted by Crippen LogP contribution is -2.44. The molecule has 0 radical (unpaired) electrons. The summed E-state index contributed by atoms with van der Waals surface area (Å²) >= 11 is 0. The molecule has 12 heteroatoms. The van der Waals surface area contributed by atoms with Crippen LogP contribution in [0.1, 0.15) is 32.8 Å². The molecule has 0 saturated carbocycles. The number of carbonyl (C=O) groups is 2. The highest BCUT2D eigenvalue weighted by molar-refractivity contribution is 5.95. The molecular formula is C18H21F4N3O5. The average Bonchev–Trinajstić information content (AvgIpc) is 2.58. The summed E-state index contributed by atoms with van der Waals surface area (Å²) in [4.78, 5) is 27.1. The Morgan fingerprint density at radius 2 is 1.73 bits per heavy atom. The van der Waals surface area contributed by atoms with E-state index in [0.717, 1.165) is 18.3 Å². The molecule has 1 atom stereocenters. The van der Waals surface area contributed by atoms with Crippen LogP contribution < -0.4 is 14.8 Å². The maximum atomic E-state index is 12.6. The number of ketones is 1. The predicted octanol–water partition coefficient (Wildman–Crippen LogP) is 3.59. The number of benzene rings is 1. The van der Waals surface area contributed by atoms with Gasteiger partial charge in [-0.2, -0.15) is 22.4 Å². The Morgan fingerprint density at radius 3 is 2.27 bits per heavy atom. The number of carbonyl (C=O) groups excluding carboxylic acids is 2. The number of nitrogens with one attached hydrogen (secondary N) is 1. The molecule has 1 rings (SSSR count). The molecule has 0 aliphatic rings. The standard InChI is InChI=1S/C18H21F4N3O5/c1-18(2,3)30-17(27)25-11(12(26)6-7-24-23)8-10-4-5-13(28-15(19)20)14(9-10)29-16(21)22/h4-5,7,9,11,15-16H,6,8H2,1-3H3,(H,25,27)/t11-/m0/s1. The third-order valence-corrected chi connectivity index (χ3v) is 3.33. The van der Waals surface area contributed by atoms with Gasteiger partial charge in [0.1, 0.15) is 12.0 Å². The van der Waals surface area contributed by atoms with Crippen LogP contribution in [-0.2, 0) is 16.0 Å². The van der Waals surface area contributed by atoms with E-state index in [-0.39, 0.29) is 18.4 Å². The van der Waals surface area contributed by atoms with Gasteiger partial charge in [-0.1, -0.05) is 6.07 Å². The maximum Gasteiger partial charge on any atom is 0.408 e. The van der Waals surface area contributed by atoms with Crippen molar-refractivity contribution in [2.24, 2.45) is 0 Å². The Balaban J connectivity index is 3.12. The highest BCUT2D eigenvalue weighted by Crippen LogP contribution is 2.31. The van der Waals surface area contributed by atoms with E-state index in [9.17, 15) is 27.2 Å². The van der Waals surface area contributed by atoms with Crippen LogP contribution >= 0.6 is 0 Å². The Hall–Kier alpha value is -3.14. The topological polar surface area (TPSA) is 110 Å². The minimum atomic E-state index is -3.31. The van der Waals surface area contributed by atoms with Crippen molar-refractivity contribution in [2.45, 2.75) is 58.5 Å². The largest absolute Gasteiger partial charge is 0.444 e. The van der Waals surface area contributed by atoms with Gasteiger partial charge in [0.2, 0.25) is 0 Å². The van der Waals surface area contributed by atoms with Crippen LogP contribution in [0.2, 0.25) is 0 Å². The van der Waals surface area contributed by atoms with Crippen LogP contribution in [0.5, 0.6) is 11.5 Å². The lowest BCUT2D eigenvalue weighted by atomic mass is 10.0. The van der Waals surface area contributed by atoms with Crippen molar-refractivity contribution < 1.29 is 46.2 Å². The molecule has 0 aromatic heterocycles. The molecule has 0 fully saturated rings. The second kappa shape index (κ2) is 11.1. The summed E-state index contributed by atoms with van der Waals surface area (Å²) in [6.45, 7) is -1.75. The first-order valence-corrected chi connectivity index (χ1v) is 8.62. The van der Waals surface area contributed by atoms with Crippen LogP contribution in [0.3, 0.4) is 0 Å². The van der Waals surface area contributed by atoms with Crippen LogP contribution in [0.4, 0.5) is 22.4 Å². The van der Waals surface area contributed by atoms with Gasteiger partial charge in [0.05, 0.1) is 6.04 Å². The van der Waals surface area contributed by atoms with Crippen LogP contribution in [0.25, 0.3) is 5.53 Å². The lowest BCUT2D eigenvalue weighted by Gasteiger charge is -2.23. The molecule has 1 amide bonds. The van der Waals surface area contributed by atoms with E-state index in [0.29, 0.717) is 0 Å². The van der Waals surface area contributed by atoms with Crippen molar-refractivity contribution >= 4 is 18.1 Å². The van der Waals surface area contributed by atoms with Crippen molar-refractivity contribution in [1.29, 1.82) is 0 Å². The molecule has 0 spiro atoms. The Morgan fingerprint density at radius 1 is 1.13 bits per heavy atom. The lowest BCUT2D eigenvalue weighted by molar-refractivity contribution is -0.120. The minimum Gasteiger partial charge on any atom is -0.444 e. The fourth-order valence-electron chi connectivity index (χ4n) is 2.26. The summed E-state index contributed by atoms with van der Waals surface area (Å²) in [6, 6.07) is 2.01. The molecule has 8 nitrogen and oxygen atoms in total. The van der Waals surface area contributed by atoms with E-state index in [1.165, 1.54) is 6.07 Å². The van der Waals surface area contributed by atoms with Crippen molar-refractivity contribution in [2.75, 3.05) is 0 Å². The molecule has 1 N–H and O–H groups in total. The highest BCUT2D eigenvalue weighted by atomic mass is 19.3. The van der Waals surface area contributed by atoms with E-state index < -0.39 is 48.2 Å². The normalized spacial score (nSPS) is 12.2. The van der Waals surface area contributed by atoms with Gasteiger partial charge in [-0.05, 0) is 38.5 Å². The summed E-state index contributed by atoms with van der Waals surface area (Å²) in [6.07, 6.45) is -0.573. The SMILES string of the molecule is CC(C)(C)OC(=O)N[C@@H](Cc1ccc(OC(F)F)c(OC(F)F)c1)C(=O)CC=[N+]=[N-]. The van der Waals surface area contributed by atoms with Crippen molar-refractivity contribution in [3.8, 4) is 11.5 Å². The predicted molar refractivity (Wildman–Crippen MR) is 95.9 cm³/mol. The molecule has 0 aliphatic carbocycles. The van der Waals surface area contributed by atoms with Crippen LogP contribution in [0, 0.1) is 0 Å². The molecule has 0 heterocycles. The molecule has 166 valence electrons. The Labute approximate surface area is 169 Å². The summed E-state index contributed by atoms with van der Waals surface area (Å²) in [5.41, 5.74) is 7.83. The van der Waals surface area contributed by atoms with Gasteiger partial charge in [0.25, 0.3) is 6.21 Å². The van der Waals surface area contributed by atoms with Crippen LogP contribution in [0.15, 0.2) is 18.2 Å². The molecule has 0 bridgehead atoms. The summed E-state index contributed by atoms with van der Waals surface area (Å²) in [5, 5.41) is 2.34. The van der Waals surface area contributed by atoms with E-state index >= 15 is 0 Å². The summed E-state index contributed by atoms with van der Waals surface area (Å²) < 4.78 is 63.5. The maximum absolute atomic E-state index is 12.6. The second-order valence-electron chi connectivity index (χ2n) is 6.91. The van der Waals surface area contributed by atoms with Gasteiger partial charge in [0, 0.05) is 6.42 Å². The fraction of sp³-hybridized carbons (Fsp3) is 0.500. The number of amides is 1. The van der Waals surface area contributed by atoms with Gasteiger partial charge < -0.3 is 25.1 Å².